The van der Waals surface area contributed by atoms with Crippen LogP contribution in [0.4, 0.5) is 10.7 Å². The van der Waals surface area contributed by atoms with E-state index in [-0.39, 0.29) is 12.1 Å². The maximum Gasteiger partial charge on any atom is 0.410 e. The topological polar surface area (TPSA) is 58.6 Å². The Morgan fingerprint density at radius 2 is 2.13 bits per heavy atom. The first-order chi connectivity index (χ1) is 10.7. The van der Waals surface area contributed by atoms with Crippen molar-refractivity contribution < 1.29 is 9.53 Å². The number of likely N-dealkylation sites (N-methyl/N-ethyl adjacent to an activating group) is 1. The lowest BCUT2D eigenvalue weighted by Crippen LogP contribution is -2.50. The summed E-state index contributed by atoms with van der Waals surface area (Å²) in [5.74, 6) is 0.589. The summed E-state index contributed by atoms with van der Waals surface area (Å²) in [7, 11) is 1.94. The third kappa shape index (κ3) is 4.96. The largest absolute Gasteiger partial charge is 0.444 e. The van der Waals surface area contributed by atoms with Crippen LogP contribution in [0.5, 0.6) is 0 Å². The maximum atomic E-state index is 12.3. The zero-order valence-corrected chi connectivity index (χ0v) is 15.2. The highest BCUT2D eigenvalue weighted by Gasteiger charge is 2.30. The average molecular weight is 341 g/mol. The van der Waals surface area contributed by atoms with Gasteiger partial charge in [-0.1, -0.05) is 11.6 Å². The van der Waals surface area contributed by atoms with Crippen molar-refractivity contribution in [1.82, 2.24) is 14.9 Å². The molecule has 1 saturated heterocycles. The predicted molar refractivity (Wildman–Crippen MR) is 91.0 cm³/mol. The third-order valence-corrected chi connectivity index (χ3v) is 3.92. The molecule has 0 unspecified atom stereocenters. The summed E-state index contributed by atoms with van der Waals surface area (Å²) in [6.45, 7) is 8.83. The SMILES string of the molecule is Cc1cc(Cl)nc(N(C)[C@H]2CCCN(C(=O)OC(C)(C)C)C2)n1. The molecule has 1 fully saturated rings. The van der Waals surface area contributed by atoms with Crippen LogP contribution in [-0.4, -0.2) is 52.7 Å². The fraction of sp³-hybridized carbons (Fsp3) is 0.688. The molecule has 0 bridgehead atoms. The lowest BCUT2D eigenvalue weighted by atomic mass is 10.1. The first-order valence-corrected chi connectivity index (χ1v) is 8.25. The quantitative estimate of drug-likeness (QED) is 0.773. The van der Waals surface area contributed by atoms with Gasteiger partial charge in [0.05, 0.1) is 0 Å². The van der Waals surface area contributed by atoms with Crippen LogP contribution in [-0.2, 0) is 4.74 Å². The van der Waals surface area contributed by atoms with E-state index in [1.807, 2.05) is 39.6 Å². The highest BCUT2D eigenvalue weighted by atomic mass is 35.5. The number of carbonyl (C=O) groups excluding carboxylic acids is 1. The Hall–Kier alpha value is -1.56. The van der Waals surface area contributed by atoms with Crippen molar-refractivity contribution in [3.8, 4) is 0 Å². The van der Waals surface area contributed by atoms with Gasteiger partial charge in [0.15, 0.2) is 0 Å². The number of aryl methyl sites for hydroxylation is 1. The number of carbonyl (C=O) groups is 1. The standard InChI is InChI=1S/C16H25ClN4O2/c1-11-9-13(17)19-14(18-11)20(5)12-7-6-8-21(10-12)15(22)23-16(2,3)4/h9,12H,6-8,10H2,1-5H3/t12-/m0/s1. The number of halogens is 1. The van der Waals surface area contributed by atoms with E-state index in [4.69, 9.17) is 16.3 Å². The summed E-state index contributed by atoms with van der Waals surface area (Å²) in [5, 5.41) is 0.430. The molecule has 0 aromatic carbocycles. The van der Waals surface area contributed by atoms with Gasteiger partial charge in [-0.15, -0.1) is 0 Å². The monoisotopic (exact) mass is 340 g/mol. The lowest BCUT2D eigenvalue weighted by molar-refractivity contribution is 0.0199. The molecule has 23 heavy (non-hydrogen) atoms. The second-order valence-electron chi connectivity index (χ2n) is 6.97. The van der Waals surface area contributed by atoms with Crippen LogP contribution in [0.2, 0.25) is 5.15 Å². The fourth-order valence-corrected chi connectivity index (χ4v) is 2.83. The van der Waals surface area contributed by atoms with E-state index in [0.29, 0.717) is 24.2 Å². The van der Waals surface area contributed by atoms with E-state index < -0.39 is 5.60 Å². The lowest BCUT2D eigenvalue weighted by Gasteiger charge is -2.38. The molecule has 2 heterocycles. The number of ether oxygens (including phenoxy) is 1. The summed E-state index contributed by atoms with van der Waals surface area (Å²) in [6.07, 6.45) is 1.64. The molecule has 1 aromatic heterocycles. The second kappa shape index (κ2) is 6.91. The van der Waals surface area contributed by atoms with Gasteiger partial charge in [0.1, 0.15) is 10.8 Å². The molecule has 0 aliphatic carbocycles. The molecule has 0 N–H and O–H groups in total. The van der Waals surface area contributed by atoms with E-state index in [2.05, 4.69) is 9.97 Å². The average Bonchev–Trinajstić information content (AvgIpc) is 2.44. The normalized spacial score (nSPS) is 18.7. The number of likely N-dealkylation sites (tertiary alicyclic amines) is 1. The molecular formula is C16H25ClN4O2. The highest BCUT2D eigenvalue weighted by Crippen LogP contribution is 2.22. The van der Waals surface area contributed by atoms with Gasteiger partial charge in [-0.05, 0) is 46.6 Å². The molecule has 6 nitrogen and oxygen atoms in total. The number of anilines is 1. The predicted octanol–water partition coefficient (Wildman–Crippen LogP) is 3.27. The molecule has 1 aliphatic heterocycles. The molecule has 1 atom stereocenters. The molecule has 0 radical (unpaired) electrons. The van der Waals surface area contributed by atoms with Gasteiger partial charge >= 0.3 is 6.09 Å². The second-order valence-corrected chi connectivity index (χ2v) is 7.35. The van der Waals surface area contributed by atoms with Crippen molar-refractivity contribution in [2.75, 3.05) is 25.0 Å². The molecule has 1 aliphatic rings. The van der Waals surface area contributed by atoms with E-state index in [1.165, 1.54) is 0 Å². The highest BCUT2D eigenvalue weighted by molar-refractivity contribution is 6.29. The summed E-state index contributed by atoms with van der Waals surface area (Å²) < 4.78 is 5.47. The van der Waals surface area contributed by atoms with E-state index in [1.54, 1.807) is 11.0 Å². The van der Waals surface area contributed by atoms with Crippen LogP contribution >= 0.6 is 11.6 Å². The Balaban J connectivity index is 2.06. The van der Waals surface area contributed by atoms with E-state index >= 15 is 0 Å². The van der Waals surface area contributed by atoms with Crippen molar-refractivity contribution in [3.63, 3.8) is 0 Å². The molecule has 1 aromatic rings. The zero-order valence-electron chi connectivity index (χ0n) is 14.5. The van der Waals surface area contributed by atoms with Gasteiger partial charge in [0, 0.05) is 31.9 Å². The minimum absolute atomic E-state index is 0.147. The minimum Gasteiger partial charge on any atom is -0.444 e. The Morgan fingerprint density at radius 3 is 2.74 bits per heavy atom. The van der Waals surface area contributed by atoms with E-state index in [9.17, 15) is 4.79 Å². The van der Waals surface area contributed by atoms with Gasteiger partial charge in [-0.25, -0.2) is 14.8 Å². The maximum absolute atomic E-state index is 12.3. The number of aromatic nitrogens is 2. The summed E-state index contributed by atoms with van der Waals surface area (Å²) in [6, 6.07) is 1.88. The molecule has 1 amide bonds. The number of hydrogen-bond acceptors (Lipinski definition) is 5. The first kappa shape index (κ1) is 17.8. The minimum atomic E-state index is -0.483. The van der Waals surface area contributed by atoms with Gasteiger partial charge in [-0.3, -0.25) is 0 Å². The van der Waals surface area contributed by atoms with Crippen LogP contribution in [0, 0.1) is 6.92 Å². The Morgan fingerprint density at radius 1 is 1.43 bits per heavy atom. The van der Waals surface area contributed by atoms with Gasteiger partial charge in [0.25, 0.3) is 0 Å². The molecular weight excluding hydrogens is 316 g/mol. The number of nitrogens with zero attached hydrogens (tertiary/aromatic N) is 4. The van der Waals surface area contributed by atoms with Crippen molar-refractivity contribution in [2.45, 2.75) is 52.2 Å². The van der Waals surface area contributed by atoms with Crippen molar-refractivity contribution in [3.05, 3.63) is 16.9 Å². The first-order valence-electron chi connectivity index (χ1n) is 7.87. The van der Waals surface area contributed by atoms with Crippen LogP contribution in [0.1, 0.15) is 39.3 Å². The molecule has 2 rings (SSSR count). The molecule has 7 heteroatoms. The summed E-state index contributed by atoms with van der Waals surface area (Å²) in [4.78, 5) is 24.7. The summed E-state index contributed by atoms with van der Waals surface area (Å²) >= 11 is 6.02. The Labute approximate surface area is 142 Å². The third-order valence-electron chi connectivity index (χ3n) is 3.72. The van der Waals surface area contributed by atoms with Gasteiger partial charge < -0.3 is 14.5 Å². The van der Waals surface area contributed by atoms with Gasteiger partial charge in [0.2, 0.25) is 5.95 Å². The Bertz CT molecular complexity index is 553. The van der Waals surface area contributed by atoms with Crippen LogP contribution in [0.15, 0.2) is 6.07 Å². The molecule has 128 valence electrons. The van der Waals surface area contributed by atoms with Crippen molar-refractivity contribution in [1.29, 1.82) is 0 Å². The van der Waals surface area contributed by atoms with Crippen LogP contribution < -0.4 is 4.90 Å². The van der Waals surface area contributed by atoms with Crippen LogP contribution in [0.3, 0.4) is 0 Å². The number of hydrogen-bond donors (Lipinski definition) is 0. The number of piperidine rings is 1. The molecule has 0 saturated carbocycles. The Kier molecular flexibility index (Phi) is 5.34. The van der Waals surface area contributed by atoms with Crippen molar-refractivity contribution >= 4 is 23.6 Å². The molecule has 0 spiro atoms. The van der Waals surface area contributed by atoms with E-state index in [0.717, 1.165) is 18.5 Å². The zero-order chi connectivity index (χ0) is 17.2. The van der Waals surface area contributed by atoms with Crippen LogP contribution in [0.25, 0.3) is 0 Å². The number of amides is 1. The van der Waals surface area contributed by atoms with Crippen molar-refractivity contribution in [2.24, 2.45) is 0 Å². The van der Waals surface area contributed by atoms with Gasteiger partial charge in [-0.2, -0.15) is 0 Å². The summed E-state index contributed by atoms with van der Waals surface area (Å²) in [5.41, 5.74) is 0.343. The number of rotatable bonds is 2. The fourth-order valence-electron chi connectivity index (χ4n) is 2.60. The smallest absolute Gasteiger partial charge is 0.410 e.